The number of allylic oxidation sites excluding steroid dienone is 2. The van der Waals surface area contributed by atoms with Crippen molar-refractivity contribution in [3.05, 3.63) is 34.9 Å². The Bertz CT molecular complexity index is 807. The maximum Gasteiger partial charge on any atom is 0.219 e. The molecule has 2 N–H and O–H groups in total. The van der Waals surface area contributed by atoms with E-state index >= 15 is 0 Å². The van der Waals surface area contributed by atoms with E-state index in [1.54, 1.807) is 7.05 Å². The molecule has 0 aromatic heterocycles. The summed E-state index contributed by atoms with van der Waals surface area (Å²) in [6.45, 7) is 11.0. The van der Waals surface area contributed by atoms with Gasteiger partial charge in [0, 0.05) is 30.9 Å². The van der Waals surface area contributed by atoms with Gasteiger partial charge in [0.25, 0.3) is 0 Å². The van der Waals surface area contributed by atoms with Gasteiger partial charge in [-0.3, -0.25) is 4.79 Å². The Balaban J connectivity index is 1.84. The molecule has 1 aromatic carbocycles. The maximum absolute atomic E-state index is 11.4. The van der Waals surface area contributed by atoms with Crippen molar-refractivity contribution >= 4 is 5.91 Å². The number of carbonyl (C=O) groups excluding carboxylic acids is 1. The highest BCUT2D eigenvalue weighted by molar-refractivity contribution is 5.75. The molecule has 0 saturated carbocycles. The minimum absolute atomic E-state index is 0.0937. The number of hydrogen-bond acceptors (Lipinski definition) is 3. The number of nitrogens with one attached hydrogen (secondary N) is 1. The van der Waals surface area contributed by atoms with Crippen LogP contribution in [0.15, 0.2) is 23.8 Å². The lowest BCUT2D eigenvalue weighted by Gasteiger charge is -2.47. The van der Waals surface area contributed by atoms with Crippen LogP contribution in [-0.4, -0.2) is 23.7 Å². The van der Waals surface area contributed by atoms with E-state index in [4.69, 9.17) is 4.74 Å². The average Bonchev–Trinajstić information content (AvgIpc) is 2.63. The third kappa shape index (κ3) is 4.46. The highest BCUT2D eigenvalue weighted by atomic mass is 16.5. The second-order valence-electron chi connectivity index (χ2n) is 10.1. The summed E-state index contributed by atoms with van der Waals surface area (Å²) in [6.07, 6.45) is 7.68. The zero-order chi connectivity index (χ0) is 21.4. The number of unbranched alkanes of at least 4 members (excludes halogenated alkanes) is 1. The van der Waals surface area contributed by atoms with E-state index in [-0.39, 0.29) is 16.9 Å². The van der Waals surface area contributed by atoms with E-state index in [1.807, 2.05) is 6.07 Å². The van der Waals surface area contributed by atoms with Gasteiger partial charge in [0.2, 0.25) is 5.91 Å². The molecule has 2 atom stereocenters. The van der Waals surface area contributed by atoms with Crippen molar-refractivity contribution in [3.8, 4) is 11.5 Å². The zero-order valence-corrected chi connectivity index (χ0v) is 18.9. The van der Waals surface area contributed by atoms with Crippen molar-refractivity contribution in [2.75, 3.05) is 7.05 Å². The van der Waals surface area contributed by atoms with Crippen molar-refractivity contribution in [2.45, 2.75) is 90.1 Å². The van der Waals surface area contributed by atoms with Crippen LogP contribution in [0.25, 0.3) is 0 Å². The first-order valence-corrected chi connectivity index (χ1v) is 11.0. The summed E-state index contributed by atoms with van der Waals surface area (Å²) >= 11 is 0. The van der Waals surface area contributed by atoms with E-state index in [0.717, 1.165) is 49.0 Å². The molecule has 0 bridgehead atoms. The fraction of sp³-hybridized carbons (Fsp3) is 0.640. The summed E-state index contributed by atoms with van der Waals surface area (Å²) in [5.41, 5.74) is 3.14. The van der Waals surface area contributed by atoms with Crippen molar-refractivity contribution in [1.82, 2.24) is 5.32 Å². The molecular formula is C25H37NO3. The second-order valence-corrected chi connectivity index (χ2v) is 10.1. The number of rotatable bonds is 6. The van der Waals surface area contributed by atoms with E-state index in [9.17, 15) is 9.90 Å². The molecule has 29 heavy (non-hydrogen) atoms. The highest BCUT2D eigenvalue weighted by Crippen LogP contribution is 2.54. The lowest BCUT2D eigenvalue weighted by atomic mass is 9.66. The van der Waals surface area contributed by atoms with E-state index in [0.29, 0.717) is 24.0 Å². The molecule has 0 saturated heterocycles. The molecule has 0 radical (unpaired) electrons. The molecule has 2 aliphatic rings. The number of aromatic hydroxyl groups is 1. The molecule has 1 amide bonds. The van der Waals surface area contributed by atoms with Crippen LogP contribution in [0.2, 0.25) is 0 Å². The Kier molecular flexibility index (Phi) is 6.03. The van der Waals surface area contributed by atoms with Crippen LogP contribution < -0.4 is 10.1 Å². The molecule has 1 aromatic rings. The topological polar surface area (TPSA) is 58.6 Å². The third-order valence-electron chi connectivity index (χ3n) is 7.02. The van der Waals surface area contributed by atoms with Gasteiger partial charge in [0.15, 0.2) is 0 Å². The number of phenolic OH excluding ortho intramolecular Hbond substituents is 1. The maximum atomic E-state index is 11.4. The largest absolute Gasteiger partial charge is 0.508 e. The molecule has 1 heterocycles. The summed E-state index contributed by atoms with van der Waals surface area (Å²) in [7, 11) is 1.68. The normalized spacial score (nSPS) is 22.8. The van der Waals surface area contributed by atoms with E-state index < -0.39 is 0 Å². The highest BCUT2D eigenvalue weighted by Gasteiger charge is 2.46. The first-order chi connectivity index (χ1) is 13.5. The predicted octanol–water partition coefficient (Wildman–Crippen LogP) is 5.59. The third-order valence-corrected chi connectivity index (χ3v) is 7.02. The molecule has 3 rings (SSSR count). The van der Waals surface area contributed by atoms with Gasteiger partial charge in [-0.1, -0.05) is 31.9 Å². The molecule has 1 aliphatic heterocycles. The van der Waals surface area contributed by atoms with E-state index in [1.165, 1.54) is 5.57 Å². The smallest absolute Gasteiger partial charge is 0.219 e. The van der Waals surface area contributed by atoms with Gasteiger partial charge in [0.05, 0.1) is 0 Å². The number of phenols is 1. The summed E-state index contributed by atoms with van der Waals surface area (Å²) in [5.74, 6) is 2.00. The number of carbonyl (C=O) groups is 1. The summed E-state index contributed by atoms with van der Waals surface area (Å²) < 4.78 is 6.47. The minimum Gasteiger partial charge on any atom is -0.508 e. The van der Waals surface area contributed by atoms with Crippen molar-refractivity contribution in [3.63, 3.8) is 0 Å². The Morgan fingerprint density at radius 1 is 1.31 bits per heavy atom. The van der Waals surface area contributed by atoms with Crippen LogP contribution in [0, 0.1) is 5.92 Å². The van der Waals surface area contributed by atoms with Crippen molar-refractivity contribution < 1.29 is 14.6 Å². The predicted molar refractivity (Wildman–Crippen MR) is 118 cm³/mol. The van der Waals surface area contributed by atoms with Crippen LogP contribution in [0.3, 0.4) is 0 Å². The first-order valence-electron chi connectivity index (χ1n) is 11.0. The summed E-state index contributed by atoms with van der Waals surface area (Å²) in [5, 5.41) is 13.7. The second kappa shape index (κ2) is 8.04. The number of fused-ring (bicyclic) bond motifs is 3. The standard InChI is InChI=1S/C25H37NO3/c1-16-10-11-19-18(13-16)23-20(27)14-17(15-21(23)29-25(19,4)5)24(2,3)12-8-7-9-22(28)26-6/h10,14-15,18-19,27H,7-9,11-13H2,1-6H3,(H,26,28)/t18-,19-/m1/s1. The zero-order valence-electron chi connectivity index (χ0n) is 18.9. The van der Waals surface area contributed by atoms with Crippen LogP contribution in [0.5, 0.6) is 11.5 Å². The molecule has 0 fully saturated rings. The minimum atomic E-state index is -0.252. The van der Waals surface area contributed by atoms with Gasteiger partial charge in [-0.25, -0.2) is 0 Å². The number of ether oxygens (including phenoxy) is 1. The number of amides is 1. The molecule has 4 nitrogen and oxygen atoms in total. The van der Waals surface area contributed by atoms with Crippen molar-refractivity contribution in [1.29, 1.82) is 0 Å². The molecule has 0 unspecified atom stereocenters. The van der Waals surface area contributed by atoms with Crippen LogP contribution >= 0.6 is 0 Å². The molecule has 160 valence electrons. The fourth-order valence-electron chi connectivity index (χ4n) is 5.08. The van der Waals surface area contributed by atoms with Crippen LogP contribution in [-0.2, 0) is 10.2 Å². The van der Waals surface area contributed by atoms with Gasteiger partial charge in [-0.15, -0.1) is 0 Å². The van der Waals surface area contributed by atoms with Gasteiger partial charge < -0.3 is 15.2 Å². The lowest BCUT2D eigenvalue weighted by molar-refractivity contribution is -0.120. The average molecular weight is 400 g/mol. The molecular weight excluding hydrogens is 362 g/mol. The van der Waals surface area contributed by atoms with Gasteiger partial charge in [0.1, 0.15) is 17.1 Å². The summed E-state index contributed by atoms with van der Waals surface area (Å²) in [6, 6.07) is 4.10. The van der Waals surface area contributed by atoms with E-state index in [2.05, 4.69) is 52.1 Å². The van der Waals surface area contributed by atoms with Gasteiger partial charge in [-0.2, -0.15) is 0 Å². The summed E-state index contributed by atoms with van der Waals surface area (Å²) in [4.78, 5) is 11.4. The first kappa shape index (κ1) is 21.7. The lowest BCUT2D eigenvalue weighted by Crippen LogP contribution is -2.45. The quantitative estimate of drug-likeness (QED) is 0.484. The molecule has 4 heteroatoms. The molecule has 0 spiro atoms. The van der Waals surface area contributed by atoms with Crippen molar-refractivity contribution in [2.24, 2.45) is 5.92 Å². The fourth-order valence-corrected chi connectivity index (χ4v) is 5.08. The Labute approximate surface area is 175 Å². The Hall–Kier alpha value is -1.97. The number of hydrogen-bond donors (Lipinski definition) is 2. The monoisotopic (exact) mass is 399 g/mol. The SMILES string of the molecule is CNC(=O)CCCCC(C)(C)c1cc(O)c2c(c1)OC(C)(C)[C@@H]1CC=C(C)C[C@@H]21. The molecule has 1 aliphatic carbocycles. The van der Waals surface area contributed by atoms with Gasteiger partial charge in [-0.05, 0) is 69.6 Å². The van der Waals surface area contributed by atoms with Gasteiger partial charge >= 0.3 is 0 Å². The van der Waals surface area contributed by atoms with Crippen LogP contribution in [0.4, 0.5) is 0 Å². The Morgan fingerprint density at radius 2 is 2.03 bits per heavy atom. The number of benzene rings is 1. The van der Waals surface area contributed by atoms with Crippen LogP contribution in [0.1, 0.15) is 90.2 Å². The Morgan fingerprint density at radius 3 is 2.72 bits per heavy atom.